The van der Waals surface area contributed by atoms with Crippen molar-refractivity contribution < 1.29 is 119 Å². The average molecular weight is 1580 g/mol. The van der Waals surface area contributed by atoms with Gasteiger partial charge in [-0.3, -0.25) is 62.3 Å². The monoisotopic (exact) mass is 1580 g/mol. The zero-order chi connectivity index (χ0) is 84.9. The summed E-state index contributed by atoms with van der Waals surface area (Å²) in [5.41, 5.74) is 0. The lowest BCUT2D eigenvalue weighted by Gasteiger charge is -2.36. The molecular weight excluding hydrogens is 1440 g/mol. The Bertz CT molecular complexity index is 2890. The topological polar surface area (TPSA) is 499 Å². The molecule has 0 aliphatic heterocycles. The van der Waals surface area contributed by atoms with Crippen molar-refractivity contribution in [1.29, 1.82) is 0 Å². The summed E-state index contributed by atoms with van der Waals surface area (Å²) in [6, 6.07) is -2.12. The number of nitrogens with zero attached hydrogens (tertiary/aromatic N) is 13. The lowest BCUT2D eigenvalue weighted by Crippen LogP contribution is -2.56. The lowest BCUT2D eigenvalue weighted by atomic mass is 10.2. The molecule has 0 saturated heterocycles. The first kappa shape index (κ1) is 103. The van der Waals surface area contributed by atoms with Gasteiger partial charge in [-0.25, -0.2) is 0 Å². The van der Waals surface area contributed by atoms with Gasteiger partial charge in [-0.05, 0) is 116 Å². The van der Waals surface area contributed by atoms with E-state index in [2.05, 4.69) is 5.32 Å². The van der Waals surface area contributed by atoms with E-state index in [1.165, 1.54) is 93.0 Å². The summed E-state index contributed by atoms with van der Waals surface area (Å²) in [5.74, 6) is -10.8. The number of carbonyl (C=O) groups excluding carboxylic acids is 13. The van der Waals surface area contributed by atoms with Crippen LogP contribution in [0.1, 0.15) is 137 Å². The zero-order valence-electron chi connectivity index (χ0n) is 68.2. The summed E-state index contributed by atoms with van der Waals surface area (Å²) in [6.45, 7) is 11.4. The van der Waals surface area contributed by atoms with Gasteiger partial charge in [-0.2, -0.15) is 0 Å². The Morgan fingerprint density at radius 3 is 0.564 bits per heavy atom. The Labute approximate surface area is 648 Å². The third-order valence-electron chi connectivity index (χ3n) is 17.4. The van der Waals surface area contributed by atoms with E-state index in [0.717, 1.165) is 53.9 Å². The molecule has 0 aliphatic carbocycles. The van der Waals surface area contributed by atoms with Crippen LogP contribution in [-0.2, 0) is 62.3 Å². The fourth-order valence-corrected chi connectivity index (χ4v) is 11.4. The van der Waals surface area contributed by atoms with Crippen molar-refractivity contribution in [1.82, 2.24) is 69.0 Å². The Balaban J connectivity index is 7.16. The van der Waals surface area contributed by atoms with Gasteiger partial charge in [0, 0.05) is 97.2 Å². The molecule has 14 atom stereocenters. The first-order valence-corrected chi connectivity index (χ1v) is 37.8. The molecule has 0 bridgehead atoms. The average Bonchev–Trinajstić information content (AvgIpc) is 0.848. The summed E-state index contributed by atoms with van der Waals surface area (Å²) in [4.78, 5) is 197. The second-order valence-corrected chi connectivity index (χ2v) is 29.5. The van der Waals surface area contributed by atoms with Crippen LogP contribution in [0.25, 0.3) is 0 Å². The van der Waals surface area contributed by atoms with Gasteiger partial charge in [0.2, 0.25) is 76.8 Å². The minimum Gasteiger partial charge on any atom is -0.392 e. The van der Waals surface area contributed by atoms with Crippen molar-refractivity contribution in [3.63, 3.8) is 0 Å². The van der Waals surface area contributed by atoms with Crippen LogP contribution in [0, 0.1) is 0 Å². The molecule has 13 amide bonds. The number of hydrogen-bond donors (Lipinski definition) is 12. The quantitative estimate of drug-likeness (QED) is 0.0269. The largest absolute Gasteiger partial charge is 0.392 e. The highest BCUT2D eigenvalue weighted by atomic mass is 16.3. The van der Waals surface area contributed by atoms with E-state index in [-0.39, 0.29) is 45.6 Å². The van der Waals surface area contributed by atoms with Crippen molar-refractivity contribution in [2.45, 2.75) is 222 Å². The van der Waals surface area contributed by atoms with Crippen LogP contribution < -0.4 is 5.32 Å². The maximum Gasteiger partial charge on any atom is 0.242 e. The van der Waals surface area contributed by atoms with Gasteiger partial charge in [0.05, 0.1) is 133 Å². The van der Waals surface area contributed by atoms with Crippen molar-refractivity contribution in [3.8, 4) is 0 Å². The van der Waals surface area contributed by atoms with Crippen LogP contribution in [0.4, 0.5) is 0 Å². The molecule has 38 nitrogen and oxygen atoms in total. The predicted octanol–water partition coefficient (Wildman–Crippen LogP) is -6.44. The van der Waals surface area contributed by atoms with Crippen LogP contribution in [0.3, 0.4) is 0 Å². The number of carbonyl (C=O) groups is 13. The highest BCUT2D eigenvalue weighted by Gasteiger charge is 2.37. The van der Waals surface area contributed by atoms with Gasteiger partial charge in [0.1, 0.15) is 19.6 Å². The summed E-state index contributed by atoms with van der Waals surface area (Å²) >= 11 is 0. The van der Waals surface area contributed by atoms with Gasteiger partial charge in [0.15, 0.2) is 0 Å². The molecule has 0 fully saturated rings. The molecule has 0 saturated carbocycles. The van der Waals surface area contributed by atoms with Crippen molar-refractivity contribution >= 4 is 76.8 Å². The van der Waals surface area contributed by atoms with Crippen LogP contribution in [-0.4, -0.2) is 446 Å². The highest BCUT2D eigenvalue weighted by Crippen LogP contribution is 2.16. The van der Waals surface area contributed by atoms with Crippen molar-refractivity contribution in [2.24, 2.45) is 0 Å². The molecule has 0 radical (unpaired) electrons. The molecule has 0 aromatic rings. The van der Waals surface area contributed by atoms with E-state index in [9.17, 15) is 119 Å². The number of amides is 13. The lowest BCUT2D eigenvalue weighted by molar-refractivity contribution is -0.152. The van der Waals surface area contributed by atoms with Gasteiger partial charge in [-0.1, -0.05) is 20.8 Å². The summed E-state index contributed by atoms with van der Waals surface area (Å²) < 4.78 is 0. The maximum atomic E-state index is 14.6. The van der Waals surface area contributed by atoms with Crippen LogP contribution in [0.15, 0.2) is 0 Å². The van der Waals surface area contributed by atoms with Crippen LogP contribution >= 0.6 is 0 Å². The third kappa shape index (κ3) is 40.7. The predicted molar refractivity (Wildman–Crippen MR) is 403 cm³/mol. The molecular formula is C72H134N14O24. The van der Waals surface area contributed by atoms with Gasteiger partial charge >= 0.3 is 0 Å². The minimum atomic E-state index is -1.33. The second kappa shape index (κ2) is 52.0. The number of nitrogens with one attached hydrogen (secondary N) is 1. The first-order chi connectivity index (χ1) is 51.0. The standard InChI is InChI=1S/C72H134N14O24/c1-19-46(4)84(70(108)40-75(25-51(9)89)60(98)23-73-22-49(7)87)43-67(105)80(30-56(14)94)38-63(101)77(27-53(11)91)35-65(103)83(33-59(17)97)42-72(110)86(48(6)21-3)45-69(107)81(31-57(15)95)39-64(102)78(28-54(12)92)36-66(104)82(32-58(16)96)41-71(109)85(47(5)20-2)44-68(106)79(29-55(13)93)37-62(100)76(26-52(10)90)34-61(99)74(18)24-50(8)88/h46-59,73,87-97H,19-45H2,1-18H3. The maximum absolute atomic E-state index is 14.6. The number of aliphatic hydroxyl groups excluding tert-OH is 11. The molecule has 0 heterocycles. The fraction of sp³-hybridized carbons (Fsp3) is 0.819. The highest BCUT2D eigenvalue weighted by molar-refractivity contribution is 5.95. The molecule has 110 heavy (non-hydrogen) atoms. The van der Waals surface area contributed by atoms with Crippen molar-refractivity contribution in [3.05, 3.63) is 0 Å². The number of aliphatic hydroxyl groups is 11. The minimum absolute atomic E-state index is 0.0578. The smallest absolute Gasteiger partial charge is 0.242 e. The Kier molecular flexibility index (Phi) is 48.6. The molecule has 636 valence electrons. The van der Waals surface area contributed by atoms with E-state index in [0.29, 0.717) is 6.42 Å². The van der Waals surface area contributed by atoms with Gasteiger partial charge in [0.25, 0.3) is 0 Å². The third-order valence-corrected chi connectivity index (χ3v) is 17.4. The molecule has 0 spiro atoms. The fourth-order valence-electron chi connectivity index (χ4n) is 11.4. The Hall–Kier alpha value is -7.37. The molecule has 0 rings (SSSR count). The van der Waals surface area contributed by atoms with E-state index in [1.54, 1.807) is 41.5 Å². The molecule has 0 aromatic heterocycles. The normalized spacial score (nSPS) is 15.2. The molecule has 12 N–H and O–H groups in total. The molecule has 38 heteroatoms. The zero-order valence-corrected chi connectivity index (χ0v) is 68.2. The molecule has 0 aliphatic rings. The van der Waals surface area contributed by atoms with E-state index < -0.39 is 286 Å². The van der Waals surface area contributed by atoms with Gasteiger partial charge < -0.3 is 125 Å². The Morgan fingerprint density at radius 1 is 0.227 bits per heavy atom. The van der Waals surface area contributed by atoms with E-state index >= 15 is 0 Å². The van der Waals surface area contributed by atoms with Crippen LogP contribution in [0.5, 0.6) is 0 Å². The molecule has 0 aromatic carbocycles. The number of likely N-dealkylation sites (N-methyl/N-ethyl adjacent to an activating group) is 1. The summed E-state index contributed by atoms with van der Waals surface area (Å²) in [7, 11) is 1.41. The molecule has 14 unspecified atom stereocenters. The first-order valence-electron chi connectivity index (χ1n) is 37.8. The Morgan fingerprint density at radius 2 is 0.391 bits per heavy atom. The summed E-state index contributed by atoms with van der Waals surface area (Å²) in [6.07, 6.45) is -12.1. The van der Waals surface area contributed by atoms with E-state index in [1.807, 2.05) is 0 Å². The van der Waals surface area contributed by atoms with Crippen molar-refractivity contribution in [2.75, 3.05) is 164 Å². The second-order valence-electron chi connectivity index (χ2n) is 29.5. The van der Waals surface area contributed by atoms with Crippen LogP contribution in [0.2, 0.25) is 0 Å². The number of rotatable bonds is 54. The SMILES string of the molecule is CCC(C)N(CC(=O)N(CC(=O)N(CC(=O)N(CC(=O)N(CC(=O)N(CC(=O)N(CC(=O)N(CC(=O)N(CC(=O)N(CC(=O)N(CC(=O)N(C)CC(C)O)CC(C)O)CC(C)O)C(C)CC)CC(C)O)CC(C)O)CC(C)O)C(C)CC)CC(C)O)CC(C)O)CC(C)O)C(=O)CN(CC(C)O)C(=O)CNCC(C)O. The summed E-state index contributed by atoms with van der Waals surface area (Å²) in [5, 5.41) is 117. The van der Waals surface area contributed by atoms with E-state index in [4.69, 9.17) is 0 Å². The van der Waals surface area contributed by atoms with Gasteiger partial charge in [-0.15, -0.1) is 0 Å². The number of hydrogen-bond acceptors (Lipinski definition) is 25.